The van der Waals surface area contributed by atoms with E-state index >= 15 is 0 Å². The van der Waals surface area contributed by atoms with Gasteiger partial charge in [-0.25, -0.2) is 0 Å². The molecule has 2 aliphatic rings. The van der Waals surface area contributed by atoms with Crippen LogP contribution in [0.1, 0.15) is 39.2 Å². The maximum atomic E-state index is 12.1. The summed E-state index contributed by atoms with van der Waals surface area (Å²) in [5, 5.41) is 0. The van der Waals surface area contributed by atoms with E-state index in [2.05, 4.69) is 4.90 Å². The molecule has 0 atom stereocenters. The molecule has 1 aromatic heterocycles. The fourth-order valence-electron chi connectivity index (χ4n) is 3.46. The summed E-state index contributed by atoms with van der Waals surface area (Å²) in [4.78, 5) is 14.6. The van der Waals surface area contributed by atoms with Gasteiger partial charge in [-0.15, -0.1) is 12.4 Å². The van der Waals surface area contributed by atoms with Gasteiger partial charge in [0.1, 0.15) is 0 Å². The van der Waals surface area contributed by atoms with Gasteiger partial charge in [-0.3, -0.25) is 9.69 Å². The van der Waals surface area contributed by atoms with Crippen molar-refractivity contribution in [3.05, 3.63) is 28.7 Å². The highest BCUT2D eigenvalue weighted by atomic mass is 35.5. The minimum absolute atomic E-state index is 0. The third kappa shape index (κ3) is 4.03. The summed E-state index contributed by atoms with van der Waals surface area (Å²) in [7, 11) is 0. The molecule has 2 heterocycles. The van der Waals surface area contributed by atoms with Crippen LogP contribution in [0.3, 0.4) is 0 Å². The van der Waals surface area contributed by atoms with E-state index in [0.29, 0.717) is 17.8 Å². The number of halogens is 1. The van der Waals surface area contributed by atoms with Crippen LogP contribution in [0.2, 0.25) is 0 Å². The maximum Gasteiger partial charge on any atom is 0.273 e. The van der Waals surface area contributed by atoms with Gasteiger partial charge in [0.15, 0.2) is 0 Å². The van der Waals surface area contributed by atoms with Crippen LogP contribution >= 0.6 is 12.4 Å². The summed E-state index contributed by atoms with van der Waals surface area (Å²) in [5.74, 6) is 0. The van der Waals surface area contributed by atoms with Crippen molar-refractivity contribution in [3.8, 4) is 0 Å². The molecule has 6 heteroatoms. The van der Waals surface area contributed by atoms with E-state index in [-0.39, 0.29) is 25.4 Å². The molecule has 0 bridgehead atoms. The predicted octanol–water partition coefficient (Wildman–Crippen LogP) is 2.30. The Kier molecular flexibility index (Phi) is 7.39. The number of rotatable bonds is 2. The lowest BCUT2D eigenvalue weighted by atomic mass is 9.89. The molecule has 126 valence electrons. The lowest BCUT2D eigenvalue weighted by molar-refractivity contribution is 0.00535. The molecule has 1 saturated heterocycles. The summed E-state index contributed by atoms with van der Waals surface area (Å²) in [6, 6.07) is 4.51. The van der Waals surface area contributed by atoms with Crippen molar-refractivity contribution < 1.29 is 4.74 Å². The summed E-state index contributed by atoms with van der Waals surface area (Å²) in [6.45, 7) is 3.81. The SMILES string of the molecule is C.Cl.Nc1cccn(C2CCC(N3CCOCC3)CC2)c1=O. The number of pyridine rings is 1. The molecule has 2 N–H and O–H groups in total. The number of morpholine rings is 1. The molecule has 3 rings (SSSR count). The number of anilines is 1. The zero-order chi connectivity index (χ0) is 13.9. The number of nitrogens with zero attached hydrogens (tertiary/aromatic N) is 2. The first-order valence-corrected chi connectivity index (χ1v) is 7.54. The Morgan fingerprint density at radius 3 is 2.32 bits per heavy atom. The first-order valence-electron chi connectivity index (χ1n) is 7.54. The molecule has 2 fully saturated rings. The smallest absolute Gasteiger partial charge is 0.273 e. The summed E-state index contributed by atoms with van der Waals surface area (Å²) >= 11 is 0. The van der Waals surface area contributed by atoms with Crippen LogP contribution in [0, 0.1) is 0 Å². The van der Waals surface area contributed by atoms with Crippen LogP contribution in [-0.2, 0) is 4.74 Å². The quantitative estimate of drug-likeness (QED) is 0.904. The second-order valence-electron chi connectivity index (χ2n) is 5.79. The number of hydrogen-bond donors (Lipinski definition) is 1. The van der Waals surface area contributed by atoms with Gasteiger partial charge < -0.3 is 15.0 Å². The average Bonchev–Trinajstić information content (AvgIpc) is 2.51. The molecule has 5 nitrogen and oxygen atoms in total. The van der Waals surface area contributed by atoms with Crippen molar-refractivity contribution in [2.24, 2.45) is 0 Å². The van der Waals surface area contributed by atoms with Crippen LogP contribution in [0.5, 0.6) is 0 Å². The zero-order valence-corrected chi connectivity index (χ0v) is 13.1. The van der Waals surface area contributed by atoms with Gasteiger partial charge in [0.25, 0.3) is 5.56 Å². The third-order valence-corrected chi connectivity index (χ3v) is 4.63. The fourth-order valence-corrected chi connectivity index (χ4v) is 3.46. The van der Waals surface area contributed by atoms with E-state index < -0.39 is 0 Å². The lowest BCUT2D eigenvalue weighted by Gasteiger charge is -2.39. The molecule has 0 amide bonds. The van der Waals surface area contributed by atoms with Crippen LogP contribution in [0.4, 0.5) is 5.69 Å². The molecule has 0 aromatic carbocycles. The first kappa shape index (κ1) is 19.0. The summed E-state index contributed by atoms with van der Waals surface area (Å²) in [5.41, 5.74) is 6.03. The number of hydrogen-bond acceptors (Lipinski definition) is 4. The highest BCUT2D eigenvalue weighted by molar-refractivity contribution is 5.85. The molecular weight excluding hydrogens is 302 g/mol. The maximum absolute atomic E-state index is 12.1. The van der Waals surface area contributed by atoms with Crippen molar-refractivity contribution in [2.45, 2.75) is 45.2 Å². The largest absolute Gasteiger partial charge is 0.394 e. The van der Waals surface area contributed by atoms with Crippen LogP contribution in [0.25, 0.3) is 0 Å². The number of nitrogens with two attached hydrogens (primary N) is 1. The third-order valence-electron chi connectivity index (χ3n) is 4.63. The number of nitrogen functional groups attached to an aromatic ring is 1. The zero-order valence-electron chi connectivity index (χ0n) is 12.2. The van der Waals surface area contributed by atoms with Gasteiger partial charge in [0, 0.05) is 31.4 Å². The van der Waals surface area contributed by atoms with E-state index in [1.165, 1.54) is 0 Å². The minimum Gasteiger partial charge on any atom is -0.394 e. The topological polar surface area (TPSA) is 60.5 Å². The van der Waals surface area contributed by atoms with Crippen LogP contribution in [0.15, 0.2) is 23.1 Å². The Morgan fingerprint density at radius 2 is 1.68 bits per heavy atom. The molecule has 0 unspecified atom stereocenters. The Bertz CT molecular complexity index is 506. The van der Waals surface area contributed by atoms with E-state index in [1.54, 1.807) is 6.07 Å². The molecule has 1 aromatic rings. The Labute approximate surface area is 138 Å². The van der Waals surface area contributed by atoms with E-state index in [0.717, 1.165) is 52.0 Å². The molecule has 1 aliphatic heterocycles. The van der Waals surface area contributed by atoms with Crippen molar-refractivity contribution >= 4 is 18.1 Å². The molecule has 22 heavy (non-hydrogen) atoms. The van der Waals surface area contributed by atoms with Crippen molar-refractivity contribution in [2.75, 3.05) is 32.0 Å². The highest BCUT2D eigenvalue weighted by Gasteiger charge is 2.27. The van der Waals surface area contributed by atoms with E-state index in [9.17, 15) is 4.79 Å². The van der Waals surface area contributed by atoms with Crippen molar-refractivity contribution in [3.63, 3.8) is 0 Å². The van der Waals surface area contributed by atoms with Gasteiger partial charge in [0.05, 0.1) is 18.9 Å². The van der Waals surface area contributed by atoms with Gasteiger partial charge in [-0.05, 0) is 37.8 Å². The molecule has 0 radical (unpaired) electrons. The second-order valence-corrected chi connectivity index (χ2v) is 5.79. The normalized spacial score (nSPS) is 25.8. The summed E-state index contributed by atoms with van der Waals surface area (Å²) in [6.07, 6.45) is 6.31. The Hall–Kier alpha value is -1.04. The van der Waals surface area contributed by atoms with Crippen molar-refractivity contribution in [1.29, 1.82) is 0 Å². The fraction of sp³-hybridized carbons (Fsp3) is 0.688. The van der Waals surface area contributed by atoms with Gasteiger partial charge >= 0.3 is 0 Å². The molecule has 1 saturated carbocycles. The Balaban J connectivity index is 0.00000121. The number of aromatic nitrogens is 1. The highest BCUT2D eigenvalue weighted by Crippen LogP contribution is 2.30. The molecule has 0 spiro atoms. The Morgan fingerprint density at radius 1 is 1.09 bits per heavy atom. The molecule has 1 aliphatic carbocycles. The van der Waals surface area contributed by atoms with E-state index in [1.807, 2.05) is 16.8 Å². The lowest BCUT2D eigenvalue weighted by Crippen LogP contribution is -2.45. The number of ether oxygens (including phenoxy) is 1. The van der Waals surface area contributed by atoms with Crippen molar-refractivity contribution in [1.82, 2.24) is 9.47 Å². The predicted molar refractivity (Wildman–Crippen MR) is 92.8 cm³/mol. The average molecular weight is 330 g/mol. The standard InChI is InChI=1S/C15H23N3O2.CH4.ClH/c16-14-2-1-7-18(15(14)19)13-5-3-12(4-6-13)17-8-10-20-11-9-17;;/h1-2,7,12-13H,3-6,8-11,16H2;1H4;1H. The second kappa shape index (κ2) is 8.56. The van der Waals surface area contributed by atoms with Gasteiger partial charge in [-0.2, -0.15) is 0 Å². The monoisotopic (exact) mass is 329 g/mol. The summed E-state index contributed by atoms with van der Waals surface area (Å²) < 4.78 is 7.23. The van der Waals surface area contributed by atoms with Gasteiger partial charge in [-0.1, -0.05) is 7.43 Å². The first-order chi connectivity index (χ1) is 9.75. The minimum atomic E-state index is -0.0395. The van der Waals surface area contributed by atoms with Crippen LogP contribution < -0.4 is 11.3 Å². The van der Waals surface area contributed by atoms with Crippen LogP contribution in [-0.4, -0.2) is 41.8 Å². The van der Waals surface area contributed by atoms with E-state index in [4.69, 9.17) is 10.5 Å². The van der Waals surface area contributed by atoms with Gasteiger partial charge in [0.2, 0.25) is 0 Å². The molecular formula is C16H28ClN3O2.